The lowest BCUT2D eigenvalue weighted by Crippen LogP contribution is -2.57. The van der Waals surface area contributed by atoms with Crippen molar-refractivity contribution in [2.45, 2.75) is 13.0 Å². The van der Waals surface area contributed by atoms with Crippen LogP contribution >= 0.6 is 0 Å². The number of esters is 1. The van der Waals surface area contributed by atoms with E-state index in [9.17, 15) is 9.59 Å². The second kappa shape index (κ2) is 10.5. The van der Waals surface area contributed by atoms with E-state index >= 15 is 0 Å². The van der Waals surface area contributed by atoms with Crippen molar-refractivity contribution >= 4 is 23.5 Å². The minimum absolute atomic E-state index is 0.194. The first kappa shape index (κ1) is 23.4. The monoisotopic (exact) mass is 466 g/mol. The van der Waals surface area contributed by atoms with Crippen molar-refractivity contribution < 1.29 is 23.8 Å². The first-order chi connectivity index (χ1) is 16.5. The van der Waals surface area contributed by atoms with E-state index in [0.717, 1.165) is 30.1 Å². The van der Waals surface area contributed by atoms with Gasteiger partial charge in [-0.15, -0.1) is 0 Å². The molecule has 0 radical (unpaired) electrons. The molecule has 0 unspecified atom stereocenters. The summed E-state index contributed by atoms with van der Waals surface area (Å²) >= 11 is 0. The molecule has 2 atom stereocenters. The molecule has 0 aromatic heterocycles. The number of nitrogens with zero attached hydrogens (tertiary/aromatic N) is 3. The van der Waals surface area contributed by atoms with Crippen LogP contribution in [0.1, 0.15) is 18.5 Å². The SMILES string of the molecule is CCOC(=O)[C@@H]1C(=O)NC(N2CCN(c3ccccc3OC)CC2)=N[C@@H]1c1ccc(OC)cc1. The van der Waals surface area contributed by atoms with Crippen LogP contribution in [0.3, 0.4) is 0 Å². The van der Waals surface area contributed by atoms with Gasteiger partial charge in [-0.1, -0.05) is 24.3 Å². The highest BCUT2D eigenvalue weighted by molar-refractivity contribution is 6.08. The third kappa shape index (κ3) is 4.78. The van der Waals surface area contributed by atoms with Crippen LogP contribution in [0.15, 0.2) is 53.5 Å². The number of guanidine groups is 1. The van der Waals surface area contributed by atoms with E-state index in [0.29, 0.717) is 24.8 Å². The Hall–Kier alpha value is -3.75. The molecule has 9 heteroatoms. The summed E-state index contributed by atoms with van der Waals surface area (Å²) in [5, 5.41) is 2.84. The molecule has 0 saturated carbocycles. The van der Waals surface area contributed by atoms with E-state index in [2.05, 4.69) is 10.2 Å². The molecule has 9 nitrogen and oxygen atoms in total. The number of amides is 1. The average molecular weight is 467 g/mol. The van der Waals surface area contributed by atoms with Crippen molar-refractivity contribution in [3.63, 3.8) is 0 Å². The molecule has 2 aromatic rings. The molecule has 1 fully saturated rings. The Morgan fingerprint density at radius 1 is 1.00 bits per heavy atom. The van der Waals surface area contributed by atoms with E-state index in [-0.39, 0.29) is 6.61 Å². The van der Waals surface area contributed by atoms with E-state index in [4.69, 9.17) is 19.2 Å². The number of carbonyl (C=O) groups excluding carboxylic acids is 2. The topological polar surface area (TPSA) is 92.7 Å². The zero-order valence-electron chi connectivity index (χ0n) is 19.7. The van der Waals surface area contributed by atoms with Gasteiger partial charge in [0.05, 0.1) is 26.5 Å². The zero-order valence-corrected chi connectivity index (χ0v) is 19.7. The second-order valence-corrected chi connectivity index (χ2v) is 8.04. The number of carbonyl (C=O) groups is 2. The summed E-state index contributed by atoms with van der Waals surface area (Å²) < 4.78 is 15.9. The normalized spacial score (nSPS) is 20.3. The minimum atomic E-state index is -1.05. The summed E-state index contributed by atoms with van der Waals surface area (Å²) in [4.78, 5) is 34.8. The number of piperazine rings is 1. The molecule has 2 aliphatic rings. The van der Waals surface area contributed by atoms with Crippen LogP contribution in [0.2, 0.25) is 0 Å². The van der Waals surface area contributed by atoms with Crippen molar-refractivity contribution in [1.82, 2.24) is 10.2 Å². The number of ether oxygens (including phenoxy) is 3. The molecule has 34 heavy (non-hydrogen) atoms. The van der Waals surface area contributed by atoms with Crippen LogP contribution in [0.25, 0.3) is 0 Å². The molecule has 1 saturated heterocycles. The maximum Gasteiger partial charge on any atom is 0.321 e. The quantitative estimate of drug-likeness (QED) is 0.516. The number of rotatable bonds is 6. The van der Waals surface area contributed by atoms with Crippen LogP contribution in [0, 0.1) is 5.92 Å². The second-order valence-electron chi connectivity index (χ2n) is 8.04. The highest BCUT2D eigenvalue weighted by Gasteiger charge is 2.42. The highest BCUT2D eigenvalue weighted by atomic mass is 16.5. The van der Waals surface area contributed by atoms with Crippen molar-refractivity contribution in [2.24, 2.45) is 10.9 Å². The van der Waals surface area contributed by atoms with E-state index < -0.39 is 23.8 Å². The first-order valence-electron chi connectivity index (χ1n) is 11.4. The number of methoxy groups -OCH3 is 2. The molecule has 0 aliphatic carbocycles. The number of hydrogen-bond donors (Lipinski definition) is 1. The Bertz CT molecular complexity index is 1050. The highest BCUT2D eigenvalue weighted by Crippen LogP contribution is 2.33. The van der Waals surface area contributed by atoms with Crippen LogP contribution in [-0.4, -0.2) is 69.7 Å². The predicted molar refractivity (Wildman–Crippen MR) is 128 cm³/mol. The summed E-state index contributed by atoms with van der Waals surface area (Å²) in [6.45, 7) is 4.72. The van der Waals surface area contributed by atoms with Gasteiger partial charge in [0.25, 0.3) is 0 Å². The summed E-state index contributed by atoms with van der Waals surface area (Å²) in [6.07, 6.45) is 0. The largest absolute Gasteiger partial charge is 0.497 e. The molecular formula is C25H30N4O5. The fourth-order valence-corrected chi connectivity index (χ4v) is 4.32. The molecule has 180 valence electrons. The van der Waals surface area contributed by atoms with Crippen molar-refractivity contribution in [3.8, 4) is 11.5 Å². The Morgan fingerprint density at radius 3 is 2.32 bits per heavy atom. The third-order valence-electron chi connectivity index (χ3n) is 6.10. The zero-order chi connectivity index (χ0) is 24.1. The van der Waals surface area contributed by atoms with Gasteiger partial charge in [-0.3, -0.25) is 14.9 Å². The molecule has 0 spiro atoms. The maximum absolute atomic E-state index is 13.1. The number of benzene rings is 2. The van der Waals surface area contributed by atoms with E-state index in [1.165, 1.54) is 0 Å². The fourth-order valence-electron chi connectivity index (χ4n) is 4.32. The molecule has 2 aliphatic heterocycles. The predicted octanol–water partition coefficient (Wildman–Crippen LogP) is 2.23. The lowest BCUT2D eigenvalue weighted by Gasteiger charge is -2.40. The molecule has 0 bridgehead atoms. The summed E-state index contributed by atoms with van der Waals surface area (Å²) in [7, 11) is 3.26. The summed E-state index contributed by atoms with van der Waals surface area (Å²) in [5.41, 5.74) is 1.79. The lowest BCUT2D eigenvalue weighted by molar-refractivity contribution is -0.153. The molecule has 1 amide bonds. The van der Waals surface area contributed by atoms with Crippen molar-refractivity contribution in [3.05, 3.63) is 54.1 Å². The van der Waals surface area contributed by atoms with Crippen molar-refractivity contribution in [2.75, 3.05) is 51.9 Å². The van der Waals surface area contributed by atoms with Gasteiger partial charge in [0.2, 0.25) is 11.9 Å². The summed E-state index contributed by atoms with van der Waals surface area (Å²) in [6, 6.07) is 14.5. The van der Waals surface area contributed by atoms with Gasteiger partial charge in [0.15, 0.2) is 5.92 Å². The Balaban J connectivity index is 1.56. The number of nitrogens with one attached hydrogen (secondary N) is 1. The number of aliphatic imine (C=N–C) groups is 1. The standard InChI is InChI=1S/C25H30N4O5/c1-4-34-24(31)21-22(17-9-11-18(32-2)12-10-17)26-25(27-23(21)30)29-15-13-28(14-16-29)19-7-5-6-8-20(19)33-3/h5-12,21-22H,4,13-16H2,1-3H3,(H,26,27,30)/t21-,22+/m0/s1. The Kier molecular flexibility index (Phi) is 7.20. The van der Waals surface area contributed by atoms with E-state index in [1.807, 2.05) is 41.3 Å². The summed E-state index contributed by atoms with van der Waals surface area (Å²) in [5.74, 6) is -0.0384. The molecule has 1 N–H and O–H groups in total. The van der Waals surface area contributed by atoms with Gasteiger partial charge in [-0.25, -0.2) is 4.99 Å². The third-order valence-corrected chi connectivity index (χ3v) is 6.10. The van der Waals surface area contributed by atoms with Gasteiger partial charge < -0.3 is 24.0 Å². The van der Waals surface area contributed by atoms with Crippen LogP contribution in [-0.2, 0) is 14.3 Å². The number of hydrogen-bond acceptors (Lipinski definition) is 8. The molecular weight excluding hydrogens is 436 g/mol. The van der Waals surface area contributed by atoms with Gasteiger partial charge in [-0.05, 0) is 36.8 Å². The minimum Gasteiger partial charge on any atom is -0.497 e. The van der Waals surface area contributed by atoms with Crippen LogP contribution in [0.4, 0.5) is 5.69 Å². The smallest absolute Gasteiger partial charge is 0.321 e. The Morgan fingerprint density at radius 2 is 1.68 bits per heavy atom. The van der Waals surface area contributed by atoms with E-state index in [1.54, 1.807) is 33.3 Å². The number of anilines is 1. The lowest BCUT2D eigenvalue weighted by atomic mass is 9.91. The average Bonchev–Trinajstić information content (AvgIpc) is 2.88. The van der Waals surface area contributed by atoms with Crippen LogP contribution in [0.5, 0.6) is 11.5 Å². The molecule has 2 aromatic carbocycles. The maximum atomic E-state index is 13.1. The van der Waals surface area contributed by atoms with Crippen LogP contribution < -0.4 is 19.7 Å². The fraction of sp³-hybridized carbons (Fsp3) is 0.400. The van der Waals surface area contributed by atoms with Gasteiger partial charge in [0, 0.05) is 26.2 Å². The van der Waals surface area contributed by atoms with Crippen molar-refractivity contribution in [1.29, 1.82) is 0 Å². The molecule has 2 heterocycles. The number of para-hydroxylation sites is 2. The van der Waals surface area contributed by atoms with Gasteiger partial charge in [-0.2, -0.15) is 0 Å². The Labute approximate surface area is 199 Å². The van der Waals surface area contributed by atoms with Gasteiger partial charge >= 0.3 is 5.97 Å². The molecule has 4 rings (SSSR count). The van der Waals surface area contributed by atoms with Gasteiger partial charge in [0.1, 0.15) is 17.5 Å². The first-order valence-corrected chi connectivity index (χ1v) is 11.4.